The molecule has 4 N–H and O–H groups in total. The second kappa shape index (κ2) is 5.76. The summed E-state index contributed by atoms with van der Waals surface area (Å²) in [6.07, 6.45) is 2.55. The fourth-order valence-electron chi connectivity index (χ4n) is 2.32. The fourth-order valence-corrected chi connectivity index (χ4v) is 2.32. The third kappa shape index (κ3) is 3.07. The van der Waals surface area contributed by atoms with Gasteiger partial charge in [0.1, 0.15) is 0 Å². The number of nitrogen functional groups attached to an aromatic ring is 1. The monoisotopic (exact) mass is 279 g/mol. The minimum Gasteiger partial charge on any atom is -0.378 e. The summed E-state index contributed by atoms with van der Waals surface area (Å²) >= 11 is 0. The summed E-state index contributed by atoms with van der Waals surface area (Å²) in [5.41, 5.74) is 2.50. The van der Waals surface area contributed by atoms with Crippen LogP contribution in [-0.4, -0.2) is 47.3 Å². The van der Waals surface area contributed by atoms with Crippen molar-refractivity contribution in [1.29, 1.82) is 0 Å². The maximum Gasteiger partial charge on any atom is 0.243 e. The molecule has 8 heteroatoms. The molecule has 1 aliphatic carbocycles. The Morgan fingerprint density at radius 1 is 1.20 bits per heavy atom. The van der Waals surface area contributed by atoms with E-state index in [2.05, 4.69) is 37.5 Å². The molecule has 20 heavy (non-hydrogen) atoms. The lowest BCUT2D eigenvalue weighted by Gasteiger charge is -2.27. The second-order valence-electron chi connectivity index (χ2n) is 5.30. The number of morpholine rings is 1. The van der Waals surface area contributed by atoms with Crippen LogP contribution >= 0.6 is 0 Å². The molecule has 0 aromatic carbocycles. The SMILES string of the molecule is CC(Nc1nc(NN)nc(N2CCOCC2)n1)C1CC1. The van der Waals surface area contributed by atoms with Gasteiger partial charge in [-0.2, -0.15) is 15.0 Å². The number of anilines is 3. The van der Waals surface area contributed by atoms with Crippen LogP contribution in [0.15, 0.2) is 0 Å². The predicted molar refractivity (Wildman–Crippen MR) is 76.5 cm³/mol. The van der Waals surface area contributed by atoms with Gasteiger partial charge in [-0.05, 0) is 25.7 Å². The highest BCUT2D eigenvalue weighted by atomic mass is 16.5. The van der Waals surface area contributed by atoms with Crippen LogP contribution in [0.25, 0.3) is 0 Å². The molecular weight excluding hydrogens is 258 g/mol. The maximum absolute atomic E-state index is 5.45. The van der Waals surface area contributed by atoms with Crippen molar-refractivity contribution in [2.24, 2.45) is 11.8 Å². The van der Waals surface area contributed by atoms with Gasteiger partial charge in [-0.15, -0.1) is 0 Å². The van der Waals surface area contributed by atoms with E-state index in [1.807, 2.05) is 0 Å². The first-order valence-corrected chi connectivity index (χ1v) is 7.08. The van der Waals surface area contributed by atoms with Gasteiger partial charge in [0.2, 0.25) is 17.8 Å². The summed E-state index contributed by atoms with van der Waals surface area (Å²) in [5, 5.41) is 3.34. The molecule has 1 aliphatic heterocycles. The van der Waals surface area contributed by atoms with E-state index in [0.29, 0.717) is 37.1 Å². The van der Waals surface area contributed by atoms with Gasteiger partial charge in [0.25, 0.3) is 0 Å². The number of rotatable bonds is 5. The van der Waals surface area contributed by atoms with E-state index in [1.54, 1.807) is 0 Å². The van der Waals surface area contributed by atoms with Gasteiger partial charge in [0.15, 0.2) is 0 Å². The minimum atomic E-state index is 0.376. The first kappa shape index (κ1) is 13.3. The molecule has 1 atom stereocenters. The van der Waals surface area contributed by atoms with Crippen LogP contribution < -0.4 is 21.5 Å². The van der Waals surface area contributed by atoms with E-state index in [4.69, 9.17) is 10.6 Å². The molecule has 1 aromatic heterocycles. The van der Waals surface area contributed by atoms with Crippen molar-refractivity contribution in [1.82, 2.24) is 15.0 Å². The topological polar surface area (TPSA) is 101 Å². The van der Waals surface area contributed by atoms with Crippen molar-refractivity contribution in [3.63, 3.8) is 0 Å². The van der Waals surface area contributed by atoms with Gasteiger partial charge >= 0.3 is 0 Å². The van der Waals surface area contributed by atoms with Gasteiger partial charge < -0.3 is 15.0 Å². The Kier molecular flexibility index (Phi) is 3.83. The lowest BCUT2D eigenvalue weighted by Crippen LogP contribution is -2.38. The number of ether oxygens (including phenoxy) is 1. The Balaban J connectivity index is 1.77. The molecule has 1 saturated carbocycles. The third-order valence-electron chi connectivity index (χ3n) is 3.73. The Morgan fingerprint density at radius 2 is 1.90 bits per heavy atom. The molecule has 0 bridgehead atoms. The highest BCUT2D eigenvalue weighted by Crippen LogP contribution is 2.33. The number of hydrogen-bond acceptors (Lipinski definition) is 8. The van der Waals surface area contributed by atoms with Crippen molar-refractivity contribution >= 4 is 17.8 Å². The normalized spacial score (nSPS) is 20.6. The summed E-state index contributed by atoms with van der Waals surface area (Å²) in [5.74, 6) is 7.78. The molecular formula is C12H21N7O. The van der Waals surface area contributed by atoms with E-state index < -0.39 is 0 Å². The summed E-state index contributed by atoms with van der Waals surface area (Å²) in [7, 11) is 0. The van der Waals surface area contributed by atoms with E-state index in [0.717, 1.165) is 19.0 Å². The molecule has 2 heterocycles. The highest BCUT2D eigenvalue weighted by molar-refractivity contribution is 5.44. The van der Waals surface area contributed by atoms with Crippen LogP contribution in [0.1, 0.15) is 19.8 Å². The van der Waals surface area contributed by atoms with Gasteiger partial charge in [0, 0.05) is 19.1 Å². The van der Waals surface area contributed by atoms with Crippen molar-refractivity contribution in [2.75, 3.05) is 41.9 Å². The summed E-state index contributed by atoms with van der Waals surface area (Å²) in [6, 6.07) is 0.376. The number of hydrazine groups is 1. The number of nitrogens with zero attached hydrogens (tertiary/aromatic N) is 4. The molecule has 0 spiro atoms. The number of hydrogen-bond donors (Lipinski definition) is 3. The van der Waals surface area contributed by atoms with Crippen LogP contribution in [0.4, 0.5) is 17.8 Å². The second-order valence-corrected chi connectivity index (χ2v) is 5.30. The fraction of sp³-hybridized carbons (Fsp3) is 0.750. The first-order chi connectivity index (χ1) is 9.76. The number of nitrogens with one attached hydrogen (secondary N) is 2. The Bertz CT molecular complexity index is 459. The van der Waals surface area contributed by atoms with Gasteiger partial charge in [-0.1, -0.05) is 0 Å². The Labute approximate surface area is 118 Å². The van der Waals surface area contributed by atoms with Crippen LogP contribution in [0.2, 0.25) is 0 Å². The minimum absolute atomic E-state index is 0.376. The third-order valence-corrected chi connectivity index (χ3v) is 3.73. The zero-order chi connectivity index (χ0) is 13.9. The van der Waals surface area contributed by atoms with Crippen molar-refractivity contribution in [2.45, 2.75) is 25.8 Å². The molecule has 1 unspecified atom stereocenters. The quantitative estimate of drug-likeness (QED) is 0.519. The largest absolute Gasteiger partial charge is 0.378 e. The molecule has 3 rings (SSSR count). The average molecular weight is 279 g/mol. The summed E-state index contributed by atoms with van der Waals surface area (Å²) in [4.78, 5) is 15.2. The van der Waals surface area contributed by atoms with Gasteiger partial charge in [-0.3, -0.25) is 5.43 Å². The van der Waals surface area contributed by atoms with Crippen molar-refractivity contribution < 1.29 is 4.74 Å². The molecule has 110 valence electrons. The molecule has 1 aromatic rings. The Morgan fingerprint density at radius 3 is 2.55 bits per heavy atom. The van der Waals surface area contributed by atoms with Crippen LogP contribution in [-0.2, 0) is 4.74 Å². The smallest absolute Gasteiger partial charge is 0.243 e. The maximum atomic E-state index is 5.45. The lowest BCUT2D eigenvalue weighted by atomic mass is 10.2. The number of aromatic nitrogens is 3. The standard InChI is InChI=1S/C12H21N7O/c1-8(9-2-3-9)14-10-15-11(18-13)17-12(16-10)19-4-6-20-7-5-19/h8-9H,2-7,13H2,1H3,(H2,14,15,16,17,18). The first-order valence-electron chi connectivity index (χ1n) is 7.08. The van der Waals surface area contributed by atoms with E-state index in [1.165, 1.54) is 12.8 Å². The average Bonchev–Trinajstić information content (AvgIpc) is 3.32. The van der Waals surface area contributed by atoms with Crippen LogP contribution in [0, 0.1) is 5.92 Å². The van der Waals surface area contributed by atoms with Gasteiger partial charge in [0.05, 0.1) is 13.2 Å². The van der Waals surface area contributed by atoms with E-state index in [-0.39, 0.29) is 0 Å². The zero-order valence-corrected chi connectivity index (χ0v) is 11.7. The van der Waals surface area contributed by atoms with Crippen molar-refractivity contribution in [3.8, 4) is 0 Å². The van der Waals surface area contributed by atoms with Crippen LogP contribution in [0.5, 0.6) is 0 Å². The predicted octanol–water partition coefficient (Wildman–Crippen LogP) is 0.204. The lowest BCUT2D eigenvalue weighted by molar-refractivity contribution is 0.122. The molecule has 8 nitrogen and oxygen atoms in total. The molecule has 0 amide bonds. The number of nitrogens with two attached hydrogens (primary N) is 1. The zero-order valence-electron chi connectivity index (χ0n) is 11.7. The highest BCUT2D eigenvalue weighted by Gasteiger charge is 2.28. The molecule has 1 saturated heterocycles. The molecule has 2 aliphatic rings. The van der Waals surface area contributed by atoms with Crippen LogP contribution in [0.3, 0.4) is 0 Å². The molecule has 0 radical (unpaired) electrons. The van der Waals surface area contributed by atoms with E-state index in [9.17, 15) is 0 Å². The Hall–Kier alpha value is -1.67. The van der Waals surface area contributed by atoms with E-state index >= 15 is 0 Å². The summed E-state index contributed by atoms with van der Waals surface area (Å²) < 4.78 is 5.34. The van der Waals surface area contributed by atoms with Gasteiger partial charge in [-0.25, -0.2) is 5.84 Å². The van der Waals surface area contributed by atoms with Crippen molar-refractivity contribution in [3.05, 3.63) is 0 Å². The summed E-state index contributed by atoms with van der Waals surface area (Å²) in [6.45, 7) is 5.11. The molecule has 2 fully saturated rings.